The predicted molar refractivity (Wildman–Crippen MR) is 70.4 cm³/mol. The Balaban J connectivity index is 2.06. The van der Waals surface area contributed by atoms with Crippen LogP contribution in [0.15, 0.2) is 47.2 Å². The summed E-state index contributed by atoms with van der Waals surface area (Å²) < 4.78 is 0.802. The molecule has 0 aliphatic heterocycles. The first-order valence-electron chi connectivity index (χ1n) is 5.12. The molecule has 84 valence electrons. The summed E-state index contributed by atoms with van der Waals surface area (Å²) >= 11 is 3.36. The fourth-order valence-corrected chi connectivity index (χ4v) is 1.89. The summed E-state index contributed by atoms with van der Waals surface area (Å²) in [6, 6.07) is 11.6. The van der Waals surface area contributed by atoms with Crippen molar-refractivity contribution in [2.45, 2.75) is 6.54 Å². The van der Waals surface area contributed by atoms with E-state index in [-0.39, 0.29) is 0 Å². The number of rotatable bonds is 3. The molecule has 0 amide bonds. The number of halogens is 1. The predicted octanol–water partition coefficient (Wildman–Crippen LogP) is 3.33. The Morgan fingerprint density at radius 1 is 1.35 bits per heavy atom. The lowest BCUT2D eigenvalue weighted by Gasteiger charge is -2.07. The van der Waals surface area contributed by atoms with Gasteiger partial charge in [-0.25, -0.2) is 0 Å². The minimum atomic E-state index is 0.636. The molecule has 1 heterocycles. The molecule has 2 rings (SSSR count). The highest BCUT2D eigenvalue weighted by molar-refractivity contribution is 9.10. The Bertz CT molecular complexity index is 546. The fourth-order valence-electron chi connectivity index (χ4n) is 1.42. The van der Waals surface area contributed by atoms with Gasteiger partial charge < -0.3 is 5.32 Å². The van der Waals surface area contributed by atoms with Crippen molar-refractivity contribution in [1.29, 1.82) is 5.26 Å². The number of pyridine rings is 1. The average Bonchev–Trinajstić information content (AvgIpc) is 2.38. The van der Waals surface area contributed by atoms with Gasteiger partial charge in [0.25, 0.3) is 0 Å². The van der Waals surface area contributed by atoms with Gasteiger partial charge >= 0.3 is 0 Å². The number of hydrogen-bond donors (Lipinski definition) is 1. The fraction of sp³-hybridized carbons (Fsp3) is 0.0769. The smallest absolute Gasteiger partial charge is 0.100 e. The van der Waals surface area contributed by atoms with Gasteiger partial charge in [0.15, 0.2) is 0 Å². The lowest BCUT2D eigenvalue weighted by Crippen LogP contribution is -1.99. The molecule has 0 unspecified atom stereocenters. The van der Waals surface area contributed by atoms with Gasteiger partial charge in [-0.15, -0.1) is 0 Å². The normalized spacial score (nSPS) is 9.65. The number of anilines is 1. The van der Waals surface area contributed by atoms with Crippen LogP contribution in [0.1, 0.15) is 11.1 Å². The molecular formula is C13H10BrN3. The van der Waals surface area contributed by atoms with Gasteiger partial charge in [0.2, 0.25) is 0 Å². The molecule has 3 nitrogen and oxygen atoms in total. The van der Waals surface area contributed by atoms with Gasteiger partial charge in [-0.1, -0.05) is 6.07 Å². The third-order valence-electron chi connectivity index (χ3n) is 2.31. The topological polar surface area (TPSA) is 48.7 Å². The Kier molecular flexibility index (Phi) is 3.73. The first-order chi connectivity index (χ1) is 8.29. The van der Waals surface area contributed by atoms with E-state index in [9.17, 15) is 0 Å². The maximum atomic E-state index is 8.81. The summed E-state index contributed by atoms with van der Waals surface area (Å²) in [5.41, 5.74) is 2.73. The molecule has 0 fully saturated rings. The third-order valence-corrected chi connectivity index (χ3v) is 2.97. The SMILES string of the molecule is N#Cc1ccc(NCc2cccnc2)cc1Br. The summed E-state index contributed by atoms with van der Waals surface area (Å²) in [6.45, 7) is 0.714. The lowest BCUT2D eigenvalue weighted by atomic mass is 10.2. The molecule has 0 saturated carbocycles. The first kappa shape index (κ1) is 11.6. The molecule has 0 saturated heterocycles. The standard InChI is InChI=1S/C13H10BrN3/c14-13-6-12(4-3-11(13)7-15)17-9-10-2-1-5-16-8-10/h1-6,8,17H,9H2. The van der Waals surface area contributed by atoms with Crippen LogP contribution in [0.3, 0.4) is 0 Å². The van der Waals surface area contributed by atoms with Crippen molar-refractivity contribution in [3.05, 3.63) is 58.3 Å². The third kappa shape index (κ3) is 3.05. The zero-order chi connectivity index (χ0) is 12.1. The van der Waals surface area contributed by atoms with Crippen LogP contribution in [0, 0.1) is 11.3 Å². The van der Waals surface area contributed by atoms with Gasteiger partial charge in [-0.3, -0.25) is 4.98 Å². The molecule has 1 aromatic carbocycles. The number of hydrogen-bond acceptors (Lipinski definition) is 3. The second kappa shape index (κ2) is 5.46. The molecular weight excluding hydrogens is 278 g/mol. The summed E-state index contributed by atoms with van der Waals surface area (Å²) in [6.07, 6.45) is 3.58. The highest BCUT2D eigenvalue weighted by Gasteiger charge is 2.00. The van der Waals surface area contributed by atoms with Crippen LogP contribution in [0.5, 0.6) is 0 Å². The lowest BCUT2D eigenvalue weighted by molar-refractivity contribution is 1.11. The number of aromatic nitrogens is 1. The minimum Gasteiger partial charge on any atom is -0.381 e. The van der Waals surface area contributed by atoms with Crippen LogP contribution in [0.4, 0.5) is 5.69 Å². The largest absolute Gasteiger partial charge is 0.381 e. The molecule has 17 heavy (non-hydrogen) atoms. The quantitative estimate of drug-likeness (QED) is 0.942. The van der Waals surface area contributed by atoms with E-state index in [1.54, 1.807) is 12.3 Å². The van der Waals surface area contributed by atoms with E-state index in [1.807, 2.05) is 30.5 Å². The minimum absolute atomic E-state index is 0.636. The van der Waals surface area contributed by atoms with Crippen molar-refractivity contribution < 1.29 is 0 Å². The van der Waals surface area contributed by atoms with Crippen molar-refractivity contribution >= 4 is 21.6 Å². The van der Waals surface area contributed by atoms with Crippen molar-refractivity contribution in [1.82, 2.24) is 4.98 Å². The van der Waals surface area contributed by atoms with E-state index < -0.39 is 0 Å². The Labute approximate surface area is 108 Å². The molecule has 0 atom stereocenters. The molecule has 0 bridgehead atoms. The van der Waals surface area contributed by atoms with Gasteiger partial charge in [0.05, 0.1) is 5.56 Å². The van der Waals surface area contributed by atoms with E-state index in [0.29, 0.717) is 12.1 Å². The summed E-state index contributed by atoms with van der Waals surface area (Å²) in [5, 5.41) is 12.1. The van der Waals surface area contributed by atoms with Crippen LogP contribution in [-0.4, -0.2) is 4.98 Å². The van der Waals surface area contributed by atoms with Crippen molar-refractivity contribution in [3.63, 3.8) is 0 Å². The van der Waals surface area contributed by atoms with E-state index in [2.05, 4.69) is 32.3 Å². The highest BCUT2D eigenvalue weighted by atomic mass is 79.9. The van der Waals surface area contributed by atoms with Crippen molar-refractivity contribution in [3.8, 4) is 6.07 Å². The average molecular weight is 288 g/mol. The summed E-state index contributed by atoms with van der Waals surface area (Å²) in [4.78, 5) is 4.05. The molecule has 0 spiro atoms. The zero-order valence-corrected chi connectivity index (χ0v) is 10.6. The number of benzene rings is 1. The number of nitrogens with zero attached hydrogens (tertiary/aromatic N) is 2. The summed E-state index contributed by atoms with van der Waals surface area (Å²) in [5.74, 6) is 0. The Morgan fingerprint density at radius 3 is 2.88 bits per heavy atom. The summed E-state index contributed by atoms with van der Waals surface area (Å²) in [7, 11) is 0. The first-order valence-corrected chi connectivity index (χ1v) is 5.91. The van der Waals surface area contributed by atoms with E-state index in [4.69, 9.17) is 5.26 Å². The molecule has 1 N–H and O–H groups in total. The molecule has 0 aliphatic carbocycles. The highest BCUT2D eigenvalue weighted by Crippen LogP contribution is 2.21. The monoisotopic (exact) mass is 287 g/mol. The van der Waals surface area contributed by atoms with Crippen molar-refractivity contribution in [2.24, 2.45) is 0 Å². The van der Waals surface area contributed by atoms with Gasteiger partial charge in [0, 0.05) is 29.1 Å². The second-order valence-electron chi connectivity index (χ2n) is 3.52. The molecule has 0 radical (unpaired) electrons. The molecule has 0 aliphatic rings. The van der Waals surface area contributed by atoms with E-state index in [1.165, 1.54) is 0 Å². The number of nitriles is 1. The van der Waals surface area contributed by atoms with Crippen LogP contribution >= 0.6 is 15.9 Å². The van der Waals surface area contributed by atoms with Gasteiger partial charge in [-0.05, 0) is 45.8 Å². The van der Waals surface area contributed by atoms with Crippen LogP contribution in [0.2, 0.25) is 0 Å². The Morgan fingerprint density at radius 2 is 2.24 bits per heavy atom. The van der Waals surface area contributed by atoms with Crippen molar-refractivity contribution in [2.75, 3.05) is 5.32 Å². The zero-order valence-electron chi connectivity index (χ0n) is 9.02. The van der Waals surface area contributed by atoms with Crippen LogP contribution < -0.4 is 5.32 Å². The van der Waals surface area contributed by atoms with Crippen LogP contribution in [-0.2, 0) is 6.54 Å². The maximum absolute atomic E-state index is 8.81. The maximum Gasteiger partial charge on any atom is 0.100 e. The number of nitrogens with one attached hydrogen (secondary N) is 1. The van der Waals surface area contributed by atoms with Crippen LogP contribution in [0.25, 0.3) is 0 Å². The van der Waals surface area contributed by atoms with Gasteiger partial charge in [0.1, 0.15) is 6.07 Å². The molecule has 1 aromatic heterocycles. The Hall–Kier alpha value is -1.86. The van der Waals surface area contributed by atoms with E-state index in [0.717, 1.165) is 15.7 Å². The second-order valence-corrected chi connectivity index (χ2v) is 4.38. The van der Waals surface area contributed by atoms with E-state index >= 15 is 0 Å². The van der Waals surface area contributed by atoms with Gasteiger partial charge in [-0.2, -0.15) is 5.26 Å². The molecule has 2 aromatic rings. The molecule has 4 heteroatoms.